The molecule has 48 valence electrons. The van der Waals surface area contributed by atoms with E-state index in [1.54, 1.807) is 0 Å². The van der Waals surface area contributed by atoms with Crippen LogP contribution in [0.25, 0.3) is 0 Å². The van der Waals surface area contributed by atoms with Crippen molar-refractivity contribution >= 4 is 0 Å². The fourth-order valence-corrected chi connectivity index (χ4v) is 1.71. The Hall–Kier alpha value is -0.510. The van der Waals surface area contributed by atoms with Crippen LogP contribution in [0.1, 0.15) is 32.1 Å². The Morgan fingerprint density at radius 3 is 2.11 bits per heavy atom. The predicted molar refractivity (Wildman–Crippen MR) is 34.6 cm³/mol. The Balaban J connectivity index is 2.04. The molecule has 0 aliphatic heterocycles. The van der Waals surface area contributed by atoms with E-state index in [-0.39, 0.29) is 5.41 Å². The van der Waals surface area contributed by atoms with Crippen molar-refractivity contribution in [3.8, 4) is 6.07 Å². The van der Waals surface area contributed by atoms with Crippen LogP contribution in [0.4, 0.5) is 0 Å². The van der Waals surface area contributed by atoms with Crippen LogP contribution >= 0.6 is 0 Å². The molecule has 0 aromatic carbocycles. The van der Waals surface area contributed by atoms with Crippen molar-refractivity contribution in [1.82, 2.24) is 0 Å². The van der Waals surface area contributed by atoms with Gasteiger partial charge in [-0.3, -0.25) is 0 Å². The molecule has 2 rings (SSSR count). The second-order valence-corrected chi connectivity index (χ2v) is 3.40. The van der Waals surface area contributed by atoms with Gasteiger partial charge in [-0.05, 0) is 31.6 Å². The molecule has 2 aliphatic carbocycles. The minimum absolute atomic E-state index is 0.193. The average molecular weight is 121 g/mol. The fraction of sp³-hybridized carbons (Fsp3) is 0.875. The molecular formula is C8H11N. The SMILES string of the molecule is N#CC1(C2CCC2)CC1. The Morgan fingerprint density at radius 1 is 1.33 bits per heavy atom. The highest BCUT2D eigenvalue weighted by Crippen LogP contribution is 2.57. The van der Waals surface area contributed by atoms with Crippen LogP contribution in [-0.4, -0.2) is 0 Å². The van der Waals surface area contributed by atoms with E-state index < -0.39 is 0 Å². The summed E-state index contributed by atoms with van der Waals surface area (Å²) in [5.41, 5.74) is 0.193. The van der Waals surface area contributed by atoms with Gasteiger partial charge in [0.25, 0.3) is 0 Å². The van der Waals surface area contributed by atoms with Crippen molar-refractivity contribution in [2.75, 3.05) is 0 Å². The van der Waals surface area contributed by atoms with Gasteiger partial charge in [0.2, 0.25) is 0 Å². The third kappa shape index (κ3) is 0.594. The number of nitrogens with zero attached hydrogens (tertiary/aromatic N) is 1. The van der Waals surface area contributed by atoms with E-state index in [2.05, 4.69) is 6.07 Å². The van der Waals surface area contributed by atoms with Gasteiger partial charge in [-0.1, -0.05) is 6.42 Å². The van der Waals surface area contributed by atoms with E-state index in [0.717, 1.165) is 5.92 Å². The number of rotatable bonds is 1. The molecule has 0 unspecified atom stereocenters. The van der Waals surface area contributed by atoms with E-state index in [1.165, 1.54) is 32.1 Å². The largest absolute Gasteiger partial charge is 0.198 e. The summed E-state index contributed by atoms with van der Waals surface area (Å²) in [5, 5.41) is 8.74. The molecule has 0 radical (unpaired) electrons. The lowest BCUT2D eigenvalue weighted by Gasteiger charge is -2.29. The highest BCUT2D eigenvalue weighted by Gasteiger charge is 2.51. The summed E-state index contributed by atoms with van der Waals surface area (Å²) in [5.74, 6) is 0.794. The minimum atomic E-state index is 0.193. The molecule has 1 nitrogen and oxygen atoms in total. The summed E-state index contributed by atoms with van der Waals surface area (Å²) < 4.78 is 0. The van der Waals surface area contributed by atoms with Crippen LogP contribution in [0.2, 0.25) is 0 Å². The molecular weight excluding hydrogens is 110 g/mol. The van der Waals surface area contributed by atoms with Crippen LogP contribution in [0.3, 0.4) is 0 Å². The van der Waals surface area contributed by atoms with Gasteiger partial charge in [-0.2, -0.15) is 5.26 Å². The molecule has 0 saturated heterocycles. The van der Waals surface area contributed by atoms with Gasteiger partial charge in [0, 0.05) is 0 Å². The molecule has 0 bridgehead atoms. The quantitative estimate of drug-likeness (QED) is 0.521. The number of hydrogen-bond acceptors (Lipinski definition) is 1. The zero-order chi connectivity index (χ0) is 6.32. The van der Waals surface area contributed by atoms with Gasteiger partial charge in [-0.25, -0.2) is 0 Å². The molecule has 2 saturated carbocycles. The summed E-state index contributed by atoms with van der Waals surface area (Å²) in [7, 11) is 0. The second kappa shape index (κ2) is 1.50. The molecule has 0 aromatic heterocycles. The van der Waals surface area contributed by atoms with Gasteiger partial charge < -0.3 is 0 Å². The van der Waals surface area contributed by atoms with Crippen molar-refractivity contribution in [3.63, 3.8) is 0 Å². The Bertz CT molecular complexity index is 158. The lowest BCUT2D eigenvalue weighted by molar-refractivity contribution is 0.231. The molecule has 2 fully saturated rings. The van der Waals surface area contributed by atoms with Crippen molar-refractivity contribution in [3.05, 3.63) is 0 Å². The van der Waals surface area contributed by atoms with E-state index in [4.69, 9.17) is 5.26 Å². The van der Waals surface area contributed by atoms with E-state index in [1.807, 2.05) is 0 Å². The van der Waals surface area contributed by atoms with Crippen molar-refractivity contribution in [2.45, 2.75) is 32.1 Å². The molecule has 0 N–H and O–H groups in total. The van der Waals surface area contributed by atoms with Gasteiger partial charge >= 0.3 is 0 Å². The van der Waals surface area contributed by atoms with Gasteiger partial charge in [0.05, 0.1) is 11.5 Å². The molecule has 0 aromatic rings. The van der Waals surface area contributed by atoms with Crippen molar-refractivity contribution < 1.29 is 0 Å². The highest BCUT2D eigenvalue weighted by atomic mass is 14.6. The summed E-state index contributed by atoms with van der Waals surface area (Å²) in [6.45, 7) is 0. The Morgan fingerprint density at radius 2 is 2.00 bits per heavy atom. The summed E-state index contributed by atoms with van der Waals surface area (Å²) in [4.78, 5) is 0. The molecule has 0 spiro atoms. The molecule has 2 aliphatic rings. The predicted octanol–water partition coefficient (Wildman–Crippen LogP) is 2.09. The maximum Gasteiger partial charge on any atom is 0.0692 e. The van der Waals surface area contributed by atoms with Crippen LogP contribution in [0.5, 0.6) is 0 Å². The lowest BCUT2D eigenvalue weighted by atomic mass is 9.74. The van der Waals surface area contributed by atoms with E-state index in [0.29, 0.717) is 0 Å². The monoisotopic (exact) mass is 121 g/mol. The minimum Gasteiger partial charge on any atom is -0.198 e. The van der Waals surface area contributed by atoms with Crippen LogP contribution in [0, 0.1) is 22.7 Å². The number of hydrogen-bond donors (Lipinski definition) is 0. The zero-order valence-electron chi connectivity index (χ0n) is 5.56. The Kier molecular flexibility index (Phi) is 0.883. The third-order valence-corrected chi connectivity index (χ3v) is 2.90. The normalized spacial score (nSPS) is 30.6. The third-order valence-electron chi connectivity index (χ3n) is 2.90. The molecule has 1 heteroatoms. The van der Waals surface area contributed by atoms with Crippen LogP contribution in [0.15, 0.2) is 0 Å². The summed E-state index contributed by atoms with van der Waals surface area (Å²) in [6.07, 6.45) is 6.40. The standard InChI is InChI=1S/C8H11N/c9-6-8(4-5-8)7-2-1-3-7/h7H,1-5H2. The topological polar surface area (TPSA) is 23.8 Å². The maximum atomic E-state index is 8.74. The second-order valence-electron chi connectivity index (χ2n) is 3.40. The van der Waals surface area contributed by atoms with Gasteiger partial charge in [-0.15, -0.1) is 0 Å². The maximum absolute atomic E-state index is 8.74. The van der Waals surface area contributed by atoms with Crippen molar-refractivity contribution in [1.29, 1.82) is 5.26 Å². The summed E-state index contributed by atoms with van der Waals surface area (Å²) >= 11 is 0. The van der Waals surface area contributed by atoms with Crippen LogP contribution in [-0.2, 0) is 0 Å². The number of nitriles is 1. The first-order valence-corrected chi connectivity index (χ1v) is 3.79. The first kappa shape index (κ1) is 5.29. The molecule has 9 heavy (non-hydrogen) atoms. The lowest BCUT2D eigenvalue weighted by Crippen LogP contribution is -2.21. The molecule has 0 atom stereocenters. The van der Waals surface area contributed by atoms with Gasteiger partial charge in [0.15, 0.2) is 0 Å². The smallest absolute Gasteiger partial charge is 0.0692 e. The highest BCUT2D eigenvalue weighted by molar-refractivity contribution is 5.14. The first-order chi connectivity index (χ1) is 4.37. The molecule has 0 amide bonds. The summed E-state index contributed by atoms with van der Waals surface area (Å²) in [6, 6.07) is 2.45. The zero-order valence-corrected chi connectivity index (χ0v) is 5.56. The van der Waals surface area contributed by atoms with Crippen molar-refractivity contribution in [2.24, 2.45) is 11.3 Å². The van der Waals surface area contributed by atoms with E-state index >= 15 is 0 Å². The fourth-order valence-electron chi connectivity index (χ4n) is 1.71. The first-order valence-electron chi connectivity index (χ1n) is 3.79. The van der Waals surface area contributed by atoms with Gasteiger partial charge in [0.1, 0.15) is 0 Å². The van der Waals surface area contributed by atoms with E-state index in [9.17, 15) is 0 Å². The Labute approximate surface area is 55.7 Å². The molecule has 0 heterocycles. The average Bonchev–Trinajstić information content (AvgIpc) is 2.44. The van der Waals surface area contributed by atoms with Crippen LogP contribution < -0.4 is 0 Å².